The molecule has 0 radical (unpaired) electrons. The van der Waals surface area contributed by atoms with Gasteiger partial charge in [0.05, 0.1) is 17.2 Å². The second-order valence-corrected chi connectivity index (χ2v) is 5.81. The van der Waals surface area contributed by atoms with Crippen molar-refractivity contribution in [1.82, 2.24) is 5.32 Å². The van der Waals surface area contributed by atoms with Crippen LogP contribution in [0.1, 0.15) is 15.9 Å². The van der Waals surface area contributed by atoms with Crippen LogP contribution in [0.4, 0.5) is 11.4 Å². The molecule has 1 N–H and O–H groups in total. The van der Waals surface area contributed by atoms with E-state index in [2.05, 4.69) is 5.32 Å². The fourth-order valence-electron chi connectivity index (χ4n) is 2.92. The number of carbonyl (C=O) groups excluding carboxylic acids is 2. The SMILES string of the molecule is CNC(=O)[C@@H]1CN(C(=O)c2cccc([N+](=O)[O-])c2C)c2ccccc2O1. The lowest BCUT2D eigenvalue weighted by molar-refractivity contribution is -0.385. The molecular formula is C18H17N3O5. The highest BCUT2D eigenvalue weighted by molar-refractivity contribution is 6.09. The summed E-state index contributed by atoms with van der Waals surface area (Å²) in [5.41, 5.74) is 0.887. The average molecular weight is 355 g/mol. The summed E-state index contributed by atoms with van der Waals surface area (Å²) >= 11 is 0. The molecule has 3 rings (SSSR count). The Morgan fingerprint density at radius 1 is 1.23 bits per heavy atom. The quantitative estimate of drug-likeness (QED) is 0.671. The summed E-state index contributed by atoms with van der Waals surface area (Å²) in [6.07, 6.45) is -0.863. The largest absolute Gasteiger partial charge is 0.477 e. The number of amides is 2. The summed E-state index contributed by atoms with van der Waals surface area (Å²) in [6.45, 7) is 1.55. The van der Waals surface area contributed by atoms with Gasteiger partial charge in [-0.05, 0) is 25.1 Å². The van der Waals surface area contributed by atoms with E-state index >= 15 is 0 Å². The number of hydrogen-bond donors (Lipinski definition) is 1. The Bertz CT molecular complexity index is 896. The smallest absolute Gasteiger partial charge is 0.273 e. The van der Waals surface area contributed by atoms with Gasteiger partial charge in [-0.25, -0.2) is 0 Å². The molecule has 134 valence electrons. The van der Waals surface area contributed by atoms with Crippen molar-refractivity contribution in [2.45, 2.75) is 13.0 Å². The molecule has 2 aromatic rings. The molecule has 0 fully saturated rings. The molecule has 1 aliphatic heterocycles. The Hall–Kier alpha value is -3.42. The summed E-state index contributed by atoms with van der Waals surface area (Å²) in [6, 6.07) is 11.2. The Kier molecular flexibility index (Phi) is 4.57. The van der Waals surface area contributed by atoms with Crippen molar-refractivity contribution in [3.63, 3.8) is 0 Å². The Balaban J connectivity index is 2.05. The van der Waals surface area contributed by atoms with Gasteiger partial charge in [-0.3, -0.25) is 19.7 Å². The normalized spacial score (nSPS) is 15.6. The third-order valence-electron chi connectivity index (χ3n) is 4.29. The van der Waals surface area contributed by atoms with E-state index < -0.39 is 16.9 Å². The van der Waals surface area contributed by atoms with Crippen molar-refractivity contribution in [3.05, 3.63) is 63.7 Å². The molecule has 0 aromatic heterocycles. The zero-order valence-corrected chi connectivity index (χ0v) is 14.3. The molecule has 0 unspecified atom stereocenters. The second-order valence-electron chi connectivity index (χ2n) is 5.81. The molecule has 8 nitrogen and oxygen atoms in total. The van der Waals surface area contributed by atoms with E-state index in [9.17, 15) is 19.7 Å². The van der Waals surface area contributed by atoms with Gasteiger partial charge in [-0.1, -0.05) is 18.2 Å². The van der Waals surface area contributed by atoms with Crippen molar-refractivity contribution in [2.75, 3.05) is 18.5 Å². The van der Waals surface area contributed by atoms with Crippen LogP contribution in [-0.4, -0.2) is 36.4 Å². The van der Waals surface area contributed by atoms with E-state index in [1.807, 2.05) is 0 Å². The predicted molar refractivity (Wildman–Crippen MR) is 94.4 cm³/mol. The number of hydrogen-bond acceptors (Lipinski definition) is 5. The Morgan fingerprint density at radius 2 is 1.96 bits per heavy atom. The third-order valence-corrected chi connectivity index (χ3v) is 4.29. The highest BCUT2D eigenvalue weighted by Gasteiger charge is 2.34. The number of fused-ring (bicyclic) bond motifs is 1. The van der Waals surface area contributed by atoms with Crippen LogP contribution >= 0.6 is 0 Å². The van der Waals surface area contributed by atoms with Crippen molar-refractivity contribution in [3.8, 4) is 5.75 Å². The van der Waals surface area contributed by atoms with E-state index in [1.165, 1.54) is 37.1 Å². The van der Waals surface area contributed by atoms with Crippen LogP contribution in [0.3, 0.4) is 0 Å². The van der Waals surface area contributed by atoms with Gasteiger partial charge in [-0.2, -0.15) is 0 Å². The number of carbonyl (C=O) groups is 2. The zero-order chi connectivity index (χ0) is 18.8. The first kappa shape index (κ1) is 17.4. The maximum Gasteiger partial charge on any atom is 0.273 e. The fraction of sp³-hybridized carbons (Fsp3) is 0.222. The molecule has 8 heteroatoms. The van der Waals surface area contributed by atoms with Gasteiger partial charge in [0.2, 0.25) is 0 Å². The van der Waals surface area contributed by atoms with Gasteiger partial charge in [0.15, 0.2) is 6.10 Å². The predicted octanol–water partition coefficient (Wildman–Crippen LogP) is 2.06. The fourth-order valence-corrected chi connectivity index (χ4v) is 2.92. The number of nitro groups is 1. The minimum absolute atomic E-state index is 0.0116. The number of nitrogens with one attached hydrogen (secondary N) is 1. The summed E-state index contributed by atoms with van der Waals surface area (Å²) in [4.78, 5) is 37.2. The maximum atomic E-state index is 13.1. The van der Waals surface area contributed by atoms with Crippen LogP contribution in [0.5, 0.6) is 5.75 Å². The molecular weight excluding hydrogens is 338 g/mol. The monoisotopic (exact) mass is 355 g/mol. The Labute approximate surface area is 149 Å². The zero-order valence-electron chi connectivity index (χ0n) is 14.3. The lowest BCUT2D eigenvalue weighted by Gasteiger charge is -2.34. The third kappa shape index (κ3) is 2.97. The number of anilines is 1. The lowest BCUT2D eigenvalue weighted by atomic mass is 10.0. The number of likely N-dealkylation sites (N-methyl/N-ethyl adjacent to an activating group) is 1. The molecule has 26 heavy (non-hydrogen) atoms. The van der Waals surface area contributed by atoms with Crippen LogP contribution < -0.4 is 15.0 Å². The summed E-state index contributed by atoms with van der Waals surface area (Å²) in [5.74, 6) is -0.368. The van der Waals surface area contributed by atoms with Crippen molar-refractivity contribution in [2.24, 2.45) is 0 Å². The van der Waals surface area contributed by atoms with E-state index in [4.69, 9.17) is 4.74 Å². The standard InChI is InChI=1S/C18H17N3O5/c1-11-12(6-5-8-13(11)21(24)25)18(23)20-10-16(17(22)19-2)26-15-9-4-3-7-14(15)20/h3-9,16H,10H2,1-2H3,(H,19,22)/t16-/m0/s1. The molecule has 0 saturated heterocycles. The van der Waals surface area contributed by atoms with E-state index in [0.717, 1.165) is 0 Å². The van der Waals surface area contributed by atoms with Crippen LogP contribution in [0, 0.1) is 17.0 Å². The van der Waals surface area contributed by atoms with E-state index in [-0.39, 0.29) is 29.3 Å². The molecule has 1 aliphatic rings. The molecule has 0 bridgehead atoms. The summed E-state index contributed by atoms with van der Waals surface area (Å²) in [5, 5.41) is 13.7. The number of ether oxygens (including phenoxy) is 1. The van der Waals surface area contributed by atoms with Crippen molar-refractivity contribution >= 4 is 23.2 Å². The minimum atomic E-state index is -0.863. The molecule has 2 aromatic carbocycles. The first-order valence-electron chi connectivity index (χ1n) is 7.97. The first-order chi connectivity index (χ1) is 12.4. The van der Waals surface area contributed by atoms with Crippen LogP contribution in [0.2, 0.25) is 0 Å². The summed E-state index contributed by atoms with van der Waals surface area (Å²) < 4.78 is 5.68. The van der Waals surface area contributed by atoms with E-state index in [1.54, 1.807) is 24.3 Å². The number of nitrogens with zero attached hydrogens (tertiary/aromatic N) is 2. The van der Waals surface area contributed by atoms with Crippen LogP contribution in [-0.2, 0) is 4.79 Å². The first-order valence-corrected chi connectivity index (χ1v) is 7.97. The molecule has 1 atom stereocenters. The number of nitro benzene ring substituents is 1. The van der Waals surface area contributed by atoms with E-state index in [0.29, 0.717) is 11.4 Å². The highest BCUT2D eigenvalue weighted by Crippen LogP contribution is 2.35. The molecule has 0 spiro atoms. The van der Waals surface area contributed by atoms with Gasteiger partial charge in [0, 0.05) is 24.2 Å². The summed E-state index contributed by atoms with van der Waals surface area (Å²) in [7, 11) is 1.49. The topological polar surface area (TPSA) is 102 Å². The number of para-hydroxylation sites is 2. The van der Waals surface area contributed by atoms with Gasteiger partial charge >= 0.3 is 0 Å². The molecule has 0 aliphatic carbocycles. The average Bonchev–Trinajstić information content (AvgIpc) is 2.65. The van der Waals surface area contributed by atoms with Crippen molar-refractivity contribution in [1.29, 1.82) is 0 Å². The lowest BCUT2D eigenvalue weighted by Crippen LogP contribution is -2.50. The maximum absolute atomic E-state index is 13.1. The molecule has 2 amide bonds. The Morgan fingerprint density at radius 3 is 2.65 bits per heavy atom. The van der Waals surface area contributed by atoms with Crippen LogP contribution in [0.15, 0.2) is 42.5 Å². The van der Waals surface area contributed by atoms with Gasteiger partial charge in [0.1, 0.15) is 5.75 Å². The van der Waals surface area contributed by atoms with Gasteiger partial charge in [0.25, 0.3) is 17.5 Å². The number of rotatable bonds is 3. The molecule has 1 heterocycles. The minimum Gasteiger partial charge on any atom is -0.477 e. The van der Waals surface area contributed by atoms with Crippen molar-refractivity contribution < 1.29 is 19.2 Å². The highest BCUT2D eigenvalue weighted by atomic mass is 16.6. The van der Waals surface area contributed by atoms with Gasteiger partial charge in [-0.15, -0.1) is 0 Å². The van der Waals surface area contributed by atoms with Gasteiger partial charge < -0.3 is 15.0 Å². The molecule has 0 saturated carbocycles. The number of benzene rings is 2. The second kappa shape index (κ2) is 6.83. The van der Waals surface area contributed by atoms with Crippen LogP contribution in [0.25, 0.3) is 0 Å².